The molecule has 1 aromatic heterocycles. The molecule has 9 heteroatoms. The molecule has 122 valence electrons. The lowest BCUT2D eigenvalue weighted by Crippen LogP contribution is -2.38. The summed E-state index contributed by atoms with van der Waals surface area (Å²) >= 11 is 12.5. The van der Waals surface area contributed by atoms with Crippen LogP contribution in [0.4, 0.5) is 5.13 Å². The van der Waals surface area contributed by atoms with Gasteiger partial charge in [-0.3, -0.25) is 0 Å². The number of aromatic nitrogens is 1. The average molecular weight is 388 g/mol. The Bertz CT molecular complexity index is 818. The molecular weight excluding hydrogens is 374 g/mol. The van der Waals surface area contributed by atoms with Crippen molar-refractivity contribution in [3.05, 3.63) is 34.7 Å². The quantitative estimate of drug-likeness (QED) is 0.789. The van der Waals surface area contributed by atoms with Crippen LogP contribution in [0.3, 0.4) is 0 Å². The molecule has 23 heavy (non-hydrogen) atoms. The van der Waals surface area contributed by atoms with Crippen molar-refractivity contribution in [2.45, 2.75) is 12.5 Å². The maximum atomic E-state index is 11.4. The van der Waals surface area contributed by atoms with Crippen molar-refractivity contribution in [1.29, 1.82) is 0 Å². The molecular formula is C14H14ClN3O2S3. The van der Waals surface area contributed by atoms with E-state index in [0.29, 0.717) is 21.7 Å². The maximum absolute atomic E-state index is 11.4. The van der Waals surface area contributed by atoms with Gasteiger partial charge in [-0.1, -0.05) is 23.7 Å². The summed E-state index contributed by atoms with van der Waals surface area (Å²) in [6.45, 7) is 0. The lowest BCUT2D eigenvalue weighted by Gasteiger charge is -2.13. The Hall–Kier alpha value is -1.22. The van der Waals surface area contributed by atoms with Crippen molar-refractivity contribution in [3.63, 3.8) is 0 Å². The monoisotopic (exact) mass is 387 g/mol. The van der Waals surface area contributed by atoms with Crippen LogP contribution < -0.4 is 10.6 Å². The fourth-order valence-corrected chi connectivity index (χ4v) is 5.16. The van der Waals surface area contributed by atoms with Crippen molar-refractivity contribution < 1.29 is 8.42 Å². The first-order valence-corrected chi connectivity index (χ1v) is 10.4. The molecule has 5 nitrogen and oxygen atoms in total. The highest BCUT2D eigenvalue weighted by Gasteiger charge is 2.28. The van der Waals surface area contributed by atoms with Crippen LogP contribution >= 0.6 is 35.2 Å². The smallest absolute Gasteiger partial charge is 0.189 e. The number of thiocarbonyl (C=S) groups is 1. The van der Waals surface area contributed by atoms with Gasteiger partial charge < -0.3 is 10.6 Å². The number of nitrogens with zero attached hydrogens (tertiary/aromatic N) is 1. The van der Waals surface area contributed by atoms with Crippen molar-refractivity contribution in [3.8, 4) is 11.3 Å². The SMILES string of the molecule is O=S1(=O)CC[C@@H](NC(=S)Nc2nc(-c3ccc(Cl)cc3)cs2)C1. The number of nitrogens with one attached hydrogen (secondary N) is 2. The third-order valence-electron chi connectivity index (χ3n) is 3.43. The number of halogens is 1. The molecule has 0 spiro atoms. The van der Waals surface area contributed by atoms with Crippen LogP contribution in [0, 0.1) is 0 Å². The molecule has 0 aliphatic carbocycles. The number of benzene rings is 1. The molecule has 1 aliphatic rings. The molecule has 0 saturated carbocycles. The lowest BCUT2D eigenvalue weighted by molar-refractivity contribution is 0.600. The number of hydrogen-bond donors (Lipinski definition) is 2. The Morgan fingerprint density at radius 2 is 2.09 bits per heavy atom. The van der Waals surface area contributed by atoms with Gasteiger partial charge in [-0.25, -0.2) is 13.4 Å². The molecule has 3 rings (SSSR count). The number of hydrogen-bond acceptors (Lipinski definition) is 5. The normalized spacial score (nSPS) is 19.4. The minimum absolute atomic E-state index is 0.128. The van der Waals surface area contributed by atoms with Crippen molar-refractivity contribution in [2.24, 2.45) is 0 Å². The molecule has 0 unspecified atom stereocenters. The summed E-state index contributed by atoms with van der Waals surface area (Å²) in [5.74, 6) is 0.341. The van der Waals surface area contributed by atoms with Crippen LogP contribution in [-0.4, -0.2) is 36.1 Å². The topological polar surface area (TPSA) is 71.1 Å². The van der Waals surface area contributed by atoms with E-state index in [2.05, 4.69) is 15.6 Å². The van der Waals surface area contributed by atoms with E-state index >= 15 is 0 Å². The van der Waals surface area contributed by atoms with E-state index in [1.165, 1.54) is 11.3 Å². The standard InChI is InChI=1S/C14H14ClN3O2S3/c15-10-3-1-9(2-4-10)12-7-22-14(17-12)18-13(21)16-11-5-6-23(19,20)8-11/h1-4,7,11H,5-6,8H2,(H2,16,17,18,21)/t11-/m1/s1. The van der Waals surface area contributed by atoms with E-state index in [1.54, 1.807) is 0 Å². The zero-order valence-corrected chi connectivity index (χ0v) is 15.2. The van der Waals surface area contributed by atoms with Gasteiger partial charge in [0.15, 0.2) is 20.1 Å². The first-order valence-electron chi connectivity index (χ1n) is 6.91. The Labute approximate surface area is 149 Å². The molecule has 2 N–H and O–H groups in total. The van der Waals surface area contributed by atoms with Gasteiger partial charge in [0.05, 0.1) is 17.2 Å². The summed E-state index contributed by atoms with van der Waals surface area (Å²) in [6, 6.07) is 7.31. The van der Waals surface area contributed by atoms with E-state index in [4.69, 9.17) is 23.8 Å². The highest BCUT2D eigenvalue weighted by atomic mass is 35.5. The number of sulfone groups is 1. The Balaban J connectivity index is 1.60. The second-order valence-electron chi connectivity index (χ2n) is 5.24. The summed E-state index contributed by atoms with van der Waals surface area (Å²) in [6.07, 6.45) is 0.581. The van der Waals surface area contributed by atoms with Gasteiger partial charge in [0.2, 0.25) is 0 Å². The van der Waals surface area contributed by atoms with Crippen LogP contribution in [0.25, 0.3) is 11.3 Å². The number of thiazole rings is 1. The first-order chi connectivity index (χ1) is 10.9. The fourth-order valence-electron chi connectivity index (χ4n) is 2.31. The molecule has 1 atom stereocenters. The predicted octanol–water partition coefficient (Wildman–Crippen LogP) is 2.94. The van der Waals surface area contributed by atoms with E-state index < -0.39 is 9.84 Å². The van der Waals surface area contributed by atoms with Gasteiger partial charge in [-0.15, -0.1) is 11.3 Å². The number of anilines is 1. The molecule has 2 heterocycles. The maximum Gasteiger partial charge on any atom is 0.189 e. The average Bonchev–Trinajstić information content (AvgIpc) is 3.06. The highest BCUT2D eigenvalue weighted by molar-refractivity contribution is 7.91. The van der Waals surface area contributed by atoms with Gasteiger partial charge in [0.1, 0.15) is 0 Å². The van der Waals surface area contributed by atoms with Crippen molar-refractivity contribution >= 4 is 55.2 Å². The van der Waals surface area contributed by atoms with Gasteiger partial charge in [-0.05, 0) is 30.8 Å². The second kappa shape index (κ2) is 6.72. The highest BCUT2D eigenvalue weighted by Crippen LogP contribution is 2.26. The second-order valence-corrected chi connectivity index (χ2v) is 9.17. The fraction of sp³-hybridized carbons (Fsp3) is 0.286. The molecule has 0 amide bonds. The molecule has 1 fully saturated rings. The van der Waals surface area contributed by atoms with Crippen molar-refractivity contribution in [2.75, 3.05) is 16.8 Å². The van der Waals surface area contributed by atoms with Crippen LogP contribution in [0.15, 0.2) is 29.6 Å². The Morgan fingerprint density at radius 3 is 2.74 bits per heavy atom. The van der Waals surface area contributed by atoms with Gasteiger partial charge in [-0.2, -0.15) is 0 Å². The molecule has 1 aromatic carbocycles. The third kappa shape index (κ3) is 4.41. The summed E-state index contributed by atoms with van der Waals surface area (Å²) in [7, 11) is -2.92. The number of rotatable bonds is 3. The zero-order chi connectivity index (χ0) is 16.4. The molecule has 1 aliphatic heterocycles. The largest absolute Gasteiger partial charge is 0.359 e. The summed E-state index contributed by atoms with van der Waals surface area (Å²) in [4.78, 5) is 4.47. The molecule has 2 aromatic rings. The molecule has 0 bridgehead atoms. The lowest BCUT2D eigenvalue weighted by atomic mass is 10.2. The summed E-state index contributed by atoms with van der Waals surface area (Å²) < 4.78 is 22.9. The van der Waals surface area contributed by atoms with E-state index in [9.17, 15) is 8.42 Å². The van der Waals surface area contributed by atoms with E-state index in [1.807, 2.05) is 29.6 Å². The summed E-state index contributed by atoms with van der Waals surface area (Å²) in [5, 5.41) is 9.69. The van der Waals surface area contributed by atoms with Crippen LogP contribution in [-0.2, 0) is 9.84 Å². The van der Waals surface area contributed by atoms with Crippen LogP contribution in [0.1, 0.15) is 6.42 Å². The van der Waals surface area contributed by atoms with Crippen LogP contribution in [0.2, 0.25) is 5.02 Å². The Morgan fingerprint density at radius 1 is 1.35 bits per heavy atom. The minimum atomic E-state index is -2.92. The molecule has 1 saturated heterocycles. The summed E-state index contributed by atoms with van der Waals surface area (Å²) in [5.41, 5.74) is 1.81. The van der Waals surface area contributed by atoms with Gasteiger partial charge in [0.25, 0.3) is 0 Å². The molecule has 0 radical (unpaired) electrons. The van der Waals surface area contributed by atoms with Gasteiger partial charge in [0, 0.05) is 22.0 Å². The minimum Gasteiger partial charge on any atom is -0.359 e. The van der Waals surface area contributed by atoms with E-state index in [0.717, 1.165) is 11.3 Å². The first kappa shape index (κ1) is 16.6. The predicted molar refractivity (Wildman–Crippen MR) is 99.0 cm³/mol. The Kier molecular flexibility index (Phi) is 4.86. The zero-order valence-electron chi connectivity index (χ0n) is 12.0. The van der Waals surface area contributed by atoms with Gasteiger partial charge >= 0.3 is 0 Å². The van der Waals surface area contributed by atoms with Crippen molar-refractivity contribution in [1.82, 2.24) is 10.3 Å². The van der Waals surface area contributed by atoms with E-state index in [-0.39, 0.29) is 17.5 Å². The van der Waals surface area contributed by atoms with Crippen LogP contribution in [0.5, 0.6) is 0 Å². The third-order valence-corrected chi connectivity index (χ3v) is 6.43.